The summed E-state index contributed by atoms with van der Waals surface area (Å²) in [5.74, 6) is -0.736. The van der Waals surface area contributed by atoms with E-state index in [-0.39, 0.29) is 23.5 Å². The van der Waals surface area contributed by atoms with E-state index in [9.17, 15) is 14.4 Å². The Kier molecular flexibility index (Phi) is 6.63. The number of carbonyl (C=O) groups is 1. The number of halogens is 1. The van der Waals surface area contributed by atoms with Crippen LogP contribution in [0.1, 0.15) is 27.9 Å². The average molecular weight is 451 g/mol. The summed E-state index contributed by atoms with van der Waals surface area (Å²) < 4.78 is 30.1. The highest BCUT2D eigenvalue weighted by atomic mass is 19.1. The molecule has 1 amide bonds. The molecule has 2 N–H and O–H groups in total. The van der Waals surface area contributed by atoms with Gasteiger partial charge in [-0.2, -0.15) is 5.26 Å². The van der Waals surface area contributed by atoms with E-state index in [1.165, 1.54) is 24.5 Å². The lowest BCUT2D eigenvalue weighted by molar-refractivity contribution is -0.0367. The second kappa shape index (κ2) is 9.77. The van der Waals surface area contributed by atoms with Gasteiger partial charge in [-0.3, -0.25) is 4.79 Å². The Morgan fingerprint density at radius 3 is 2.94 bits per heavy atom. The van der Waals surface area contributed by atoms with E-state index in [1.54, 1.807) is 26.3 Å². The molecule has 10 heteroatoms. The molecule has 170 valence electrons. The van der Waals surface area contributed by atoms with E-state index in [4.69, 9.17) is 9.47 Å². The van der Waals surface area contributed by atoms with Gasteiger partial charge in [-0.1, -0.05) is 5.16 Å². The molecule has 3 aromatic rings. The summed E-state index contributed by atoms with van der Waals surface area (Å²) in [6.07, 6.45) is 3.45. The second-order valence-corrected chi connectivity index (χ2v) is 7.61. The van der Waals surface area contributed by atoms with E-state index in [2.05, 4.69) is 31.4 Å². The molecule has 2 aromatic heterocycles. The molecule has 0 spiro atoms. The van der Waals surface area contributed by atoms with Crippen molar-refractivity contribution in [3.05, 3.63) is 59.2 Å². The van der Waals surface area contributed by atoms with Gasteiger partial charge >= 0.3 is 0 Å². The molecule has 0 saturated carbocycles. The molecule has 9 nitrogen and oxygen atoms in total. The van der Waals surface area contributed by atoms with Crippen LogP contribution in [0.15, 0.2) is 41.2 Å². The fourth-order valence-electron chi connectivity index (χ4n) is 3.72. The number of pyridine rings is 1. The molecule has 1 aliphatic rings. The lowest BCUT2D eigenvalue weighted by Crippen LogP contribution is -2.43. The maximum atomic E-state index is 14.6. The van der Waals surface area contributed by atoms with E-state index in [1.807, 2.05) is 0 Å². The molecule has 1 aromatic carbocycles. The van der Waals surface area contributed by atoms with Crippen LogP contribution in [0, 0.1) is 24.1 Å². The van der Waals surface area contributed by atoms with Gasteiger partial charge in [0.1, 0.15) is 30.1 Å². The standard InChI is InChI=1S/C23H22FN5O4/c1-13-7-18(24)17(23(30)28-21-4-6-33-29-21)9-16(13)15-8-14(10-25)22(26-11-15)27-19-3-5-32-12-20(19)31-2/h4,6-9,11,19-20H,3,5,12H2,1-2H3,(H,26,27)(H,28,29,30)/t19-,20-/m0/s1. The van der Waals surface area contributed by atoms with Crippen LogP contribution in [0.4, 0.5) is 16.0 Å². The first-order valence-electron chi connectivity index (χ1n) is 10.3. The Bertz CT molecular complexity index is 1190. The smallest absolute Gasteiger partial charge is 0.259 e. The number of nitrogens with zero attached hydrogens (tertiary/aromatic N) is 3. The zero-order valence-corrected chi connectivity index (χ0v) is 18.1. The van der Waals surface area contributed by atoms with Gasteiger partial charge < -0.3 is 24.6 Å². The van der Waals surface area contributed by atoms with Gasteiger partial charge in [0, 0.05) is 31.5 Å². The highest BCUT2D eigenvalue weighted by Crippen LogP contribution is 2.29. The third-order valence-corrected chi connectivity index (χ3v) is 5.49. The number of nitrogens with one attached hydrogen (secondary N) is 2. The number of carbonyl (C=O) groups excluding carboxylic acids is 1. The van der Waals surface area contributed by atoms with Crippen molar-refractivity contribution < 1.29 is 23.2 Å². The second-order valence-electron chi connectivity index (χ2n) is 7.61. The average Bonchev–Trinajstić information content (AvgIpc) is 3.33. The van der Waals surface area contributed by atoms with Crippen molar-refractivity contribution in [1.29, 1.82) is 5.26 Å². The van der Waals surface area contributed by atoms with Gasteiger partial charge in [-0.15, -0.1) is 0 Å². The lowest BCUT2D eigenvalue weighted by Gasteiger charge is -2.31. The predicted octanol–water partition coefficient (Wildman–Crippen LogP) is 3.52. The molecule has 0 aliphatic carbocycles. The third-order valence-electron chi connectivity index (χ3n) is 5.49. The summed E-state index contributed by atoms with van der Waals surface area (Å²) in [6.45, 7) is 2.77. The molecule has 33 heavy (non-hydrogen) atoms. The number of amides is 1. The van der Waals surface area contributed by atoms with Crippen molar-refractivity contribution in [1.82, 2.24) is 10.1 Å². The normalized spacial score (nSPS) is 17.9. The summed E-state index contributed by atoms with van der Waals surface area (Å²) in [7, 11) is 1.61. The van der Waals surface area contributed by atoms with Crippen LogP contribution < -0.4 is 10.6 Å². The fourth-order valence-corrected chi connectivity index (χ4v) is 3.72. The van der Waals surface area contributed by atoms with Crippen LogP contribution in [0.5, 0.6) is 0 Å². The molecule has 2 atom stereocenters. The van der Waals surface area contributed by atoms with Gasteiger partial charge in [0.2, 0.25) is 0 Å². The summed E-state index contributed by atoms with van der Waals surface area (Å²) in [5.41, 5.74) is 1.93. The minimum Gasteiger partial charge on any atom is -0.379 e. The van der Waals surface area contributed by atoms with Gasteiger partial charge in [0.25, 0.3) is 5.91 Å². The Hall–Kier alpha value is -3.81. The fraction of sp³-hybridized carbons (Fsp3) is 0.304. The van der Waals surface area contributed by atoms with Gasteiger partial charge in [0.15, 0.2) is 5.82 Å². The van der Waals surface area contributed by atoms with Crippen LogP contribution in [-0.4, -0.2) is 48.5 Å². The van der Waals surface area contributed by atoms with Crippen LogP contribution in [0.25, 0.3) is 11.1 Å². The number of benzene rings is 1. The molecule has 1 aliphatic heterocycles. The first-order valence-corrected chi connectivity index (χ1v) is 10.3. The summed E-state index contributed by atoms with van der Waals surface area (Å²) >= 11 is 0. The summed E-state index contributed by atoms with van der Waals surface area (Å²) in [5, 5.41) is 19.1. The SMILES string of the molecule is CO[C@H]1COCC[C@@H]1Nc1ncc(-c2cc(C(=O)Nc3ccon3)c(F)cc2C)cc1C#N. The monoisotopic (exact) mass is 451 g/mol. The van der Waals surface area contributed by atoms with Crippen LogP contribution >= 0.6 is 0 Å². The Labute approximate surface area is 189 Å². The maximum absolute atomic E-state index is 14.6. The number of anilines is 2. The van der Waals surface area contributed by atoms with Crippen molar-refractivity contribution in [2.24, 2.45) is 0 Å². The van der Waals surface area contributed by atoms with Gasteiger partial charge in [0.05, 0.1) is 23.8 Å². The molecule has 0 bridgehead atoms. The molecule has 4 rings (SSSR count). The van der Waals surface area contributed by atoms with Crippen LogP contribution in [-0.2, 0) is 9.47 Å². The first kappa shape index (κ1) is 22.4. The van der Waals surface area contributed by atoms with Crippen molar-refractivity contribution in [3.63, 3.8) is 0 Å². The minimum absolute atomic E-state index is 0.0476. The maximum Gasteiger partial charge on any atom is 0.259 e. The van der Waals surface area contributed by atoms with E-state index < -0.39 is 11.7 Å². The zero-order chi connectivity index (χ0) is 23.4. The number of rotatable bonds is 6. The Morgan fingerprint density at radius 1 is 1.36 bits per heavy atom. The predicted molar refractivity (Wildman–Crippen MR) is 117 cm³/mol. The number of hydrogen-bond donors (Lipinski definition) is 2. The van der Waals surface area contributed by atoms with Crippen molar-refractivity contribution in [2.45, 2.75) is 25.5 Å². The molecule has 0 radical (unpaired) electrons. The number of aromatic nitrogens is 2. The quantitative estimate of drug-likeness (QED) is 0.584. The largest absolute Gasteiger partial charge is 0.379 e. The highest BCUT2D eigenvalue weighted by molar-refractivity contribution is 6.04. The number of hydrogen-bond acceptors (Lipinski definition) is 8. The van der Waals surface area contributed by atoms with Gasteiger partial charge in [-0.05, 0) is 42.7 Å². The van der Waals surface area contributed by atoms with Crippen molar-refractivity contribution in [2.75, 3.05) is 31.0 Å². The third kappa shape index (κ3) is 4.84. The van der Waals surface area contributed by atoms with Crippen LogP contribution in [0.3, 0.4) is 0 Å². The Balaban J connectivity index is 1.63. The summed E-state index contributed by atoms with van der Waals surface area (Å²) in [4.78, 5) is 17.0. The molecule has 1 fully saturated rings. The topological polar surface area (TPSA) is 122 Å². The van der Waals surface area contributed by atoms with Crippen molar-refractivity contribution in [3.8, 4) is 17.2 Å². The molecule has 1 saturated heterocycles. The summed E-state index contributed by atoms with van der Waals surface area (Å²) in [6, 6.07) is 7.93. The number of nitriles is 1. The first-order chi connectivity index (χ1) is 16.0. The zero-order valence-electron chi connectivity index (χ0n) is 18.1. The minimum atomic E-state index is -0.672. The van der Waals surface area contributed by atoms with Crippen LogP contribution in [0.2, 0.25) is 0 Å². The molecular weight excluding hydrogens is 429 g/mol. The Morgan fingerprint density at radius 2 is 2.21 bits per heavy atom. The van der Waals surface area contributed by atoms with E-state index in [0.29, 0.717) is 47.7 Å². The van der Waals surface area contributed by atoms with E-state index >= 15 is 0 Å². The number of aryl methyl sites for hydroxylation is 1. The molecular formula is C23H22FN5O4. The number of ether oxygens (including phenoxy) is 2. The lowest BCUT2D eigenvalue weighted by atomic mass is 9.97. The number of methoxy groups -OCH3 is 1. The highest BCUT2D eigenvalue weighted by Gasteiger charge is 2.27. The van der Waals surface area contributed by atoms with Crippen molar-refractivity contribution >= 4 is 17.5 Å². The molecule has 0 unspecified atom stereocenters. The van der Waals surface area contributed by atoms with Gasteiger partial charge in [-0.25, -0.2) is 9.37 Å². The molecule has 3 heterocycles. The van der Waals surface area contributed by atoms with E-state index in [0.717, 1.165) is 0 Å².